The number of benzene rings is 1. The Labute approximate surface area is 136 Å². The van der Waals surface area contributed by atoms with Crippen molar-refractivity contribution < 1.29 is 8.42 Å². The lowest BCUT2D eigenvalue weighted by Gasteiger charge is -2.06. The molecule has 8 heteroatoms. The minimum atomic E-state index is -3.52. The largest absolute Gasteiger partial charge is 0.250 e. The van der Waals surface area contributed by atoms with Crippen LogP contribution in [0, 0.1) is 0 Å². The third-order valence-electron chi connectivity index (χ3n) is 2.51. The van der Waals surface area contributed by atoms with Gasteiger partial charge in [0.25, 0.3) is 0 Å². The van der Waals surface area contributed by atoms with Crippen LogP contribution in [0.3, 0.4) is 0 Å². The molecular weight excluding hydrogens is 361 g/mol. The molecule has 1 heterocycles. The molecule has 1 aromatic heterocycles. The zero-order valence-electron chi connectivity index (χ0n) is 10.1. The first-order chi connectivity index (χ1) is 9.38. The molecule has 0 spiro atoms. The van der Waals surface area contributed by atoms with Gasteiger partial charge in [-0.2, -0.15) is 0 Å². The lowest BCUT2D eigenvalue weighted by Crippen LogP contribution is -2.25. The van der Waals surface area contributed by atoms with E-state index in [0.29, 0.717) is 20.8 Å². The van der Waals surface area contributed by atoms with E-state index in [4.69, 9.17) is 34.8 Å². The van der Waals surface area contributed by atoms with Gasteiger partial charge in [0, 0.05) is 16.6 Å². The van der Waals surface area contributed by atoms with Crippen molar-refractivity contribution in [3.05, 3.63) is 50.3 Å². The van der Waals surface area contributed by atoms with Crippen molar-refractivity contribution in [2.24, 2.45) is 0 Å². The second kappa shape index (κ2) is 6.64. The van der Waals surface area contributed by atoms with E-state index in [1.54, 1.807) is 24.3 Å². The summed E-state index contributed by atoms with van der Waals surface area (Å²) in [5.41, 5.74) is 0.836. The number of nitrogens with one attached hydrogen (secondary N) is 1. The van der Waals surface area contributed by atoms with E-state index in [2.05, 4.69) is 4.72 Å². The van der Waals surface area contributed by atoms with Crippen LogP contribution < -0.4 is 4.72 Å². The lowest BCUT2D eigenvalue weighted by molar-refractivity contribution is 0.584. The quantitative estimate of drug-likeness (QED) is 0.856. The van der Waals surface area contributed by atoms with Crippen molar-refractivity contribution in [3.63, 3.8) is 0 Å². The van der Waals surface area contributed by atoms with Gasteiger partial charge in [0.15, 0.2) is 0 Å². The minimum absolute atomic E-state index is 0.199. The number of halogens is 3. The Bertz CT molecular complexity index is 713. The maximum absolute atomic E-state index is 12.0. The molecule has 2 rings (SSSR count). The molecule has 0 aliphatic heterocycles. The molecule has 20 heavy (non-hydrogen) atoms. The highest BCUT2D eigenvalue weighted by atomic mass is 35.5. The summed E-state index contributed by atoms with van der Waals surface area (Å²) in [5.74, 6) is 0. The van der Waals surface area contributed by atoms with Gasteiger partial charge in [0.05, 0.1) is 4.34 Å². The average Bonchev–Trinajstić information content (AvgIpc) is 2.79. The SMILES string of the molecule is O=S(=O)(NCCc1ccc(Cl)cc1Cl)c1ccc(Cl)s1. The number of thiophene rings is 1. The topological polar surface area (TPSA) is 46.2 Å². The molecule has 0 amide bonds. The Morgan fingerprint density at radius 1 is 1.10 bits per heavy atom. The van der Waals surface area contributed by atoms with E-state index >= 15 is 0 Å². The van der Waals surface area contributed by atoms with Crippen molar-refractivity contribution >= 4 is 56.2 Å². The number of sulfonamides is 1. The Kier molecular flexibility index (Phi) is 5.34. The van der Waals surface area contributed by atoms with Crippen LogP contribution >= 0.6 is 46.1 Å². The summed E-state index contributed by atoms with van der Waals surface area (Å²) in [7, 11) is -3.52. The summed E-state index contributed by atoms with van der Waals surface area (Å²) < 4.78 is 27.1. The first-order valence-electron chi connectivity index (χ1n) is 5.57. The fraction of sp³-hybridized carbons (Fsp3) is 0.167. The highest BCUT2D eigenvalue weighted by Crippen LogP contribution is 2.25. The lowest BCUT2D eigenvalue weighted by atomic mass is 10.1. The van der Waals surface area contributed by atoms with Gasteiger partial charge >= 0.3 is 0 Å². The Morgan fingerprint density at radius 3 is 2.45 bits per heavy atom. The number of hydrogen-bond donors (Lipinski definition) is 1. The van der Waals surface area contributed by atoms with Gasteiger partial charge in [0.2, 0.25) is 10.0 Å². The van der Waals surface area contributed by atoms with Crippen LogP contribution in [0.25, 0.3) is 0 Å². The molecule has 1 aromatic carbocycles. The van der Waals surface area contributed by atoms with Crippen LogP contribution in [-0.2, 0) is 16.4 Å². The first kappa shape index (κ1) is 16.1. The van der Waals surface area contributed by atoms with Crippen LogP contribution in [0.1, 0.15) is 5.56 Å². The van der Waals surface area contributed by atoms with Crippen LogP contribution in [0.15, 0.2) is 34.5 Å². The van der Waals surface area contributed by atoms with E-state index in [1.165, 1.54) is 6.07 Å². The maximum atomic E-state index is 12.0. The van der Waals surface area contributed by atoms with Gasteiger partial charge in [0.1, 0.15) is 4.21 Å². The van der Waals surface area contributed by atoms with E-state index in [1.807, 2.05) is 0 Å². The first-order valence-corrected chi connectivity index (χ1v) is 9.01. The van der Waals surface area contributed by atoms with Gasteiger partial charge < -0.3 is 0 Å². The zero-order chi connectivity index (χ0) is 14.8. The minimum Gasteiger partial charge on any atom is -0.210 e. The molecule has 3 nitrogen and oxygen atoms in total. The van der Waals surface area contributed by atoms with Crippen LogP contribution in [0.2, 0.25) is 14.4 Å². The van der Waals surface area contributed by atoms with E-state index in [9.17, 15) is 8.42 Å². The van der Waals surface area contributed by atoms with Gasteiger partial charge in [-0.25, -0.2) is 13.1 Å². The molecular formula is C12H10Cl3NO2S2. The molecule has 0 aliphatic rings. The third kappa shape index (κ3) is 4.10. The molecule has 1 N–H and O–H groups in total. The molecule has 0 aliphatic carbocycles. The van der Waals surface area contributed by atoms with Crippen molar-refractivity contribution in [1.82, 2.24) is 4.72 Å². The predicted octanol–water partition coefficient (Wildman–Crippen LogP) is 4.23. The second-order valence-electron chi connectivity index (χ2n) is 3.94. The van der Waals surface area contributed by atoms with E-state index in [-0.39, 0.29) is 10.8 Å². The molecule has 0 atom stereocenters. The number of rotatable bonds is 5. The molecule has 108 valence electrons. The molecule has 0 radical (unpaired) electrons. The van der Waals surface area contributed by atoms with Gasteiger partial charge in [-0.1, -0.05) is 40.9 Å². The average molecular weight is 371 g/mol. The van der Waals surface area contributed by atoms with Crippen molar-refractivity contribution in [2.45, 2.75) is 10.6 Å². The smallest absolute Gasteiger partial charge is 0.210 e. The molecule has 0 unspecified atom stereocenters. The monoisotopic (exact) mass is 369 g/mol. The van der Waals surface area contributed by atoms with Crippen molar-refractivity contribution in [2.75, 3.05) is 6.54 Å². The zero-order valence-corrected chi connectivity index (χ0v) is 14.0. The summed E-state index contributed by atoms with van der Waals surface area (Å²) >= 11 is 18.6. The van der Waals surface area contributed by atoms with Crippen molar-refractivity contribution in [3.8, 4) is 0 Å². The highest BCUT2D eigenvalue weighted by Gasteiger charge is 2.16. The van der Waals surface area contributed by atoms with E-state index < -0.39 is 10.0 Å². The van der Waals surface area contributed by atoms with Gasteiger partial charge in [-0.3, -0.25) is 0 Å². The molecule has 0 saturated carbocycles. The fourth-order valence-electron chi connectivity index (χ4n) is 1.56. The van der Waals surface area contributed by atoms with Crippen LogP contribution in [0.4, 0.5) is 0 Å². The van der Waals surface area contributed by atoms with Crippen molar-refractivity contribution in [1.29, 1.82) is 0 Å². The summed E-state index contributed by atoms with van der Waals surface area (Å²) in [6.07, 6.45) is 0.480. The Morgan fingerprint density at radius 2 is 1.85 bits per heavy atom. The normalized spacial score (nSPS) is 11.8. The molecule has 0 bridgehead atoms. The molecule has 0 fully saturated rings. The predicted molar refractivity (Wildman–Crippen MR) is 84.7 cm³/mol. The fourth-order valence-corrected chi connectivity index (χ4v) is 4.62. The third-order valence-corrected chi connectivity index (χ3v) is 6.29. The Hall–Kier alpha value is -0.300. The summed E-state index contributed by atoms with van der Waals surface area (Å²) in [6, 6.07) is 8.16. The second-order valence-corrected chi connectivity index (χ2v) is 8.49. The summed E-state index contributed by atoms with van der Waals surface area (Å²) in [5, 5.41) is 1.07. The number of hydrogen-bond acceptors (Lipinski definition) is 3. The van der Waals surface area contributed by atoms with E-state index in [0.717, 1.165) is 16.9 Å². The van der Waals surface area contributed by atoms with Gasteiger partial charge in [-0.15, -0.1) is 11.3 Å². The molecule has 0 saturated heterocycles. The van der Waals surface area contributed by atoms with Gasteiger partial charge in [-0.05, 0) is 36.2 Å². The summed E-state index contributed by atoms with van der Waals surface area (Å²) in [6.45, 7) is 0.249. The maximum Gasteiger partial charge on any atom is 0.250 e. The standard InChI is InChI=1S/C12H10Cl3NO2S2/c13-9-2-1-8(10(14)7-9)5-6-16-20(17,18)12-4-3-11(15)19-12/h1-4,7,16H,5-6H2. The highest BCUT2D eigenvalue weighted by molar-refractivity contribution is 7.91. The molecule has 2 aromatic rings. The van der Waals surface area contributed by atoms with Crippen LogP contribution in [-0.4, -0.2) is 15.0 Å². The summed E-state index contributed by atoms with van der Waals surface area (Å²) in [4.78, 5) is 0. The Balaban J connectivity index is 1.99. The van der Waals surface area contributed by atoms with Crippen LogP contribution in [0.5, 0.6) is 0 Å².